The van der Waals surface area contributed by atoms with E-state index in [0.29, 0.717) is 13.2 Å². The number of esters is 1. The number of carbonyl (C=O) groups excluding carboxylic acids is 1. The number of rotatable bonds is 7. The lowest BCUT2D eigenvalue weighted by Gasteiger charge is -2.14. The van der Waals surface area contributed by atoms with E-state index in [1.807, 2.05) is 24.3 Å². The topological polar surface area (TPSA) is 75.1 Å². The molecule has 1 aromatic carbocycles. The Kier molecular flexibility index (Phi) is 7.00. The summed E-state index contributed by atoms with van der Waals surface area (Å²) in [4.78, 5) is 13.6. The summed E-state index contributed by atoms with van der Waals surface area (Å²) in [5.74, 6) is -0.252. The minimum atomic E-state index is -0.311. The minimum Gasteiger partial charge on any atom is -0.466 e. The van der Waals surface area contributed by atoms with Crippen LogP contribution in [0.4, 0.5) is 0 Å². The van der Waals surface area contributed by atoms with Crippen LogP contribution in [0.15, 0.2) is 33.9 Å². The van der Waals surface area contributed by atoms with Crippen LogP contribution in [0.1, 0.15) is 18.9 Å². The van der Waals surface area contributed by atoms with Crippen molar-refractivity contribution in [3.8, 4) is 0 Å². The molecule has 102 valence electrons. The van der Waals surface area contributed by atoms with Crippen molar-refractivity contribution < 1.29 is 9.53 Å². The molecule has 0 saturated heterocycles. The Balaban J connectivity index is 2.48. The van der Waals surface area contributed by atoms with Crippen molar-refractivity contribution in [2.45, 2.75) is 19.8 Å². The first-order chi connectivity index (χ1) is 9.11. The predicted molar refractivity (Wildman–Crippen MR) is 76.6 cm³/mol. The highest BCUT2D eigenvalue weighted by atomic mass is 79.9. The summed E-state index contributed by atoms with van der Waals surface area (Å²) in [7, 11) is 0. The van der Waals surface area contributed by atoms with Crippen molar-refractivity contribution in [3.63, 3.8) is 0 Å². The average Bonchev–Trinajstić information content (AvgIpc) is 2.39. The first-order valence-corrected chi connectivity index (χ1v) is 6.79. The molecular formula is C13H16BrN3O2. The first kappa shape index (κ1) is 15.5. The normalized spacial score (nSPS) is 11.5. The van der Waals surface area contributed by atoms with Crippen molar-refractivity contribution in [2.24, 2.45) is 11.0 Å². The molecule has 0 aliphatic heterocycles. The SMILES string of the molecule is CC(=O)OC[C@H](CCc1ccc(Br)cc1)CN=[N+]=[N-]. The van der Waals surface area contributed by atoms with Crippen LogP contribution in [0, 0.1) is 5.92 Å². The smallest absolute Gasteiger partial charge is 0.302 e. The predicted octanol–water partition coefficient (Wildman–Crippen LogP) is 3.87. The second kappa shape index (κ2) is 8.56. The molecule has 0 spiro atoms. The van der Waals surface area contributed by atoms with E-state index in [1.165, 1.54) is 12.5 Å². The number of ether oxygens (including phenoxy) is 1. The summed E-state index contributed by atoms with van der Waals surface area (Å²) in [6.45, 7) is 2.02. The molecule has 0 heterocycles. The fourth-order valence-corrected chi connectivity index (χ4v) is 1.90. The van der Waals surface area contributed by atoms with Gasteiger partial charge in [0, 0.05) is 22.9 Å². The molecule has 1 atom stereocenters. The molecule has 0 radical (unpaired) electrons. The number of nitrogens with zero attached hydrogens (tertiary/aromatic N) is 3. The highest BCUT2D eigenvalue weighted by Crippen LogP contribution is 2.15. The van der Waals surface area contributed by atoms with E-state index in [1.54, 1.807) is 0 Å². The molecule has 0 unspecified atom stereocenters. The van der Waals surface area contributed by atoms with Crippen molar-refractivity contribution in [1.82, 2.24) is 0 Å². The largest absolute Gasteiger partial charge is 0.466 e. The summed E-state index contributed by atoms with van der Waals surface area (Å²) in [5.41, 5.74) is 9.56. The standard InChI is InChI=1S/C13H16BrN3O2/c1-10(18)19-9-12(8-16-17-15)3-2-11-4-6-13(14)7-5-11/h4-7,12H,2-3,8-9H2,1H3/t12-/m1/s1. The Labute approximate surface area is 120 Å². The van der Waals surface area contributed by atoms with Crippen LogP contribution in [0.5, 0.6) is 0 Å². The van der Waals surface area contributed by atoms with E-state index in [0.717, 1.165) is 17.3 Å². The maximum Gasteiger partial charge on any atom is 0.302 e. The lowest BCUT2D eigenvalue weighted by atomic mass is 10.0. The Hall–Kier alpha value is -1.52. The minimum absolute atomic E-state index is 0.0587. The summed E-state index contributed by atoms with van der Waals surface area (Å²) < 4.78 is 6.02. The second-order valence-corrected chi connectivity index (χ2v) is 5.16. The van der Waals surface area contributed by atoms with Crippen LogP contribution in [-0.2, 0) is 16.0 Å². The van der Waals surface area contributed by atoms with E-state index >= 15 is 0 Å². The summed E-state index contributed by atoms with van der Waals surface area (Å²) >= 11 is 3.39. The number of azide groups is 1. The summed E-state index contributed by atoms with van der Waals surface area (Å²) in [6.07, 6.45) is 1.67. The van der Waals surface area contributed by atoms with Gasteiger partial charge >= 0.3 is 5.97 Å². The van der Waals surface area contributed by atoms with Crippen molar-refractivity contribution in [3.05, 3.63) is 44.7 Å². The number of benzene rings is 1. The lowest BCUT2D eigenvalue weighted by Crippen LogP contribution is -2.16. The molecular weight excluding hydrogens is 310 g/mol. The summed E-state index contributed by atoms with van der Waals surface area (Å²) in [5, 5.41) is 3.56. The quantitative estimate of drug-likeness (QED) is 0.330. The van der Waals surface area contributed by atoms with Gasteiger partial charge in [-0.1, -0.05) is 33.2 Å². The molecule has 0 aliphatic rings. The molecule has 1 rings (SSSR count). The third-order valence-electron chi connectivity index (χ3n) is 2.68. The second-order valence-electron chi connectivity index (χ2n) is 4.25. The molecule has 0 N–H and O–H groups in total. The van der Waals surface area contributed by atoms with E-state index in [-0.39, 0.29) is 11.9 Å². The van der Waals surface area contributed by atoms with Gasteiger partial charge in [0.05, 0.1) is 6.61 Å². The zero-order valence-corrected chi connectivity index (χ0v) is 12.3. The van der Waals surface area contributed by atoms with Gasteiger partial charge in [0.25, 0.3) is 0 Å². The third kappa shape index (κ3) is 6.84. The number of hydrogen-bond acceptors (Lipinski definition) is 3. The molecule has 1 aromatic rings. The van der Waals surface area contributed by atoms with Gasteiger partial charge in [0.15, 0.2) is 0 Å². The van der Waals surface area contributed by atoms with Crippen LogP contribution in [0.25, 0.3) is 10.4 Å². The molecule has 6 heteroatoms. The fraction of sp³-hybridized carbons (Fsp3) is 0.462. The van der Waals surface area contributed by atoms with Gasteiger partial charge in [-0.25, -0.2) is 0 Å². The molecule has 0 bridgehead atoms. The van der Waals surface area contributed by atoms with Crippen molar-refractivity contribution in [2.75, 3.05) is 13.2 Å². The molecule has 5 nitrogen and oxygen atoms in total. The fourth-order valence-electron chi connectivity index (χ4n) is 1.64. The third-order valence-corrected chi connectivity index (χ3v) is 3.21. The number of hydrogen-bond donors (Lipinski definition) is 0. The van der Waals surface area contributed by atoms with Gasteiger partial charge in [-0.05, 0) is 42.0 Å². The van der Waals surface area contributed by atoms with E-state index in [4.69, 9.17) is 10.3 Å². The lowest BCUT2D eigenvalue weighted by molar-refractivity contribution is -0.142. The molecule has 0 fully saturated rings. The molecule has 0 aromatic heterocycles. The molecule has 0 aliphatic carbocycles. The number of aryl methyl sites for hydroxylation is 1. The summed E-state index contributed by atoms with van der Waals surface area (Å²) in [6, 6.07) is 8.06. The maximum atomic E-state index is 10.8. The van der Waals surface area contributed by atoms with Crippen LogP contribution in [0.3, 0.4) is 0 Å². The van der Waals surface area contributed by atoms with Gasteiger partial charge < -0.3 is 4.74 Å². The van der Waals surface area contributed by atoms with Crippen molar-refractivity contribution in [1.29, 1.82) is 0 Å². The van der Waals surface area contributed by atoms with Crippen LogP contribution in [-0.4, -0.2) is 19.1 Å². The van der Waals surface area contributed by atoms with Crippen LogP contribution in [0.2, 0.25) is 0 Å². The van der Waals surface area contributed by atoms with Gasteiger partial charge in [-0.2, -0.15) is 0 Å². The molecule has 19 heavy (non-hydrogen) atoms. The van der Waals surface area contributed by atoms with Gasteiger partial charge in [-0.15, -0.1) is 0 Å². The molecule has 0 amide bonds. The van der Waals surface area contributed by atoms with E-state index < -0.39 is 0 Å². The maximum absolute atomic E-state index is 10.8. The zero-order valence-electron chi connectivity index (χ0n) is 10.8. The number of halogens is 1. The van der Waals surface area contributed by atoms with Gasteiger partial charge in [0.1, 0.15) is 0 Å². The highest BCUT2D eigenvalue weighted by molar-refractivity contribution is 9.10. The van der Waals surface area contributed by atoms with Gasteiger partial charge in [0.2, 0.25) is 0 Å². The van der Waals surface area contributed by atoms with Crippen molar-refractivity contribution >= 4 is 21.9 Å². The number of carbonyl (C=O) groups is 1. The van der Waals surface area contributed by atoms with Gasteiger partial charge in [-0.3, -0.25) is 4.79 Å². The Morgan fingerprint density at radius 2 is 2.16 bits per heavy atom. The van der Waals surface area contributed by atoms with E-state index in [9.17, 15) is 4.79 Å². The Bertz CT molecular complexity index is 455. The van der Waals surface area contributed by atoms with Crippen LogP contribution < -0.4 is 0 Å². The Morgan fingerprint density at radius 1 is 1.47 bits per heavy atom. The highest BCUT2D eigenvalue weighted by Gasteiger charge is 2.10. The Morgan fingerprint density at radius 3 is 2.74 bits per heavy atom. The van der Waals surface area contributed by atoms with Crippen LogP contribution >= 0.6 is 15.9 Å². The zero-order chi connectivity index (χ0) is 14.1. The monoisotopic (exact) mass is 325 g/mol. The van der Waals surface area contributed by atoms with E-state index in [2.05, 4.69) is 26.0 Å². The average molecular weight is 326 g/mol. The first-order valence-electron chi connectivity index (χ1n) is 6.00. The molecule has 0 saturated carbocycles.